The maximum Gasteiger partial charge on any atom is 0.274 e. The normalized spacial score (nSPS) is 24.0. The van der Waals surface area contributed by atoms with Crippen molar-refractivity contribution in [2.45, 2.75) is 25.4 Å². The highest BCUT2D eigenvalue weighted by atomic mass is 19.1. The van der Waals surface area contributed by atoms with Crippen LogP contribution in [0.2, 0.25) is 0 Å². The van der Waals surface area contributed by atoms with Gasteiger partial charge in [-0.2, -0.15) is 0 Å². The molecular weight excluding hydrogens is 396 g/mol. The Morgan fingerprint density at radius 1 is 1.27 bits per heavy atom. The number of nitrogens with zero attached hydrogens (tertiary/aromatic N) is 2. The molecule has 1 unspecified atom stereocenters. The van der Waals surface area contributed by atoms with Crippen LogP contribution in [0.15, 0.2) is 29.2 Å². The molecule has 0 radical (unpaired) electrons. The number of nitrogens with one attached hydrogen (secondary N) is 1. The van der Waals surface area contributed by atoms with Crippen LogP contribution in [0.1, 0.15) is 45.3 Å². The summed E-state index contributed by atoms with van der Waals surface area (Å²) in [5, 5.41) is 13.0. The van der Waals surface area contributed by atoms with Crippen LogP contribution >= 0.6 is 0 Å². The van der Waals surface area contributed by atoms with Crippen molar-refractivity contribution < 1.29 is 23.5 Å². The van der Waals surface area contributed by atoms with Gasteiger partial charge in [-0.25, -0.2) is 8.78 Å². The summed E-state index contributed by atoms with van der Waals surface area (Å²) in [6.45, 7) is 0.907. The number of carbonyl (C=O) groups is 2. The lowest BCUT2D eigenvalue weighted by molar-refractivity contribution is 0.0745. The van der Waals surface area contributed by atoms with Gasteiger partial charge in [0.05, 0.1) is 0 Å². The molecule has 3 aliphatic rings. The first-order valence-corrected chi connectivity index (χ1v) is 9.84. The fraction of sp³-hybridized carbons (Fsp3) is 0.381. The second-order valence-corrected chi connectivity index (χ2v) is 8.16. The minimum absolute atomic E-state index is 0.0581. The summed E-state index contributed by atoms with van der Waals surface area (Å²) in [6.07, 6.45) is 2.98. The highest BCUT2D eigenvalue weighted by molar-refractivity contribution is 5.99. The fourth-order valence-electron chi connectivity index (χ4n) is 4.70. The molecule has 2 bridgehead atoms. The zero-order chi connectivity index (χ0) is 21.2. The van der Waals surface area contributed by atoms with E-state index in [1.165, 1.54) is 12.3 Å². The Bertz CT molecular complexity index is 1150. The zero-order valence-electron chi connectivity index (χ0n) is 15.9. The summed E-state index contributed by atoms with van der Waals surface area (Å²) in [5.41, 5.74) is -1.28. The van der Waals surface area contributed by atoms with Crippen molar-refractivity contribution in [3.63, 3.8) is 0 Å². The van der Waals surface area contributed by atoms with Crippen LogP contribution in [-0.2, 0) is 6.54 Å². The van der Waals surface area contributed by atoms with Crippen molar-refractivity contribution in [2.75, 3.05) is 13.1 Å². The maximum atomic E-state index is 13.8. The first-order valence-electron chi connectivity index (χ1n) is 9.84. The van der Waals surface area contributed by atoms with Crippen molar-refractivity contribution >= 4 is 11.8 Å². The Morgan fingerprint density at radius 2 is 2.07 bits per heavy atom. The second-order valence-electron chi connectivity index (χ2n) is 8.16. The van der Waals surface area contributed by atoms with Crippen LogP contribution in [0.25, 0.3) is 0 Å². The number of carbonyl (C=O) groups excluding carboxylic acids is 2. The Kier molecular flexibility index (Phi) is 4.16. The van der Waals surface area contributed by atoms with Crippen molar-refractivity contribution in [3.8, 4) is 5.75 Å². The van der Waals surface area contributed by atoms with E-state index in [4.69, 9.17) is 0 Å². The van der Waals surface area contributed by atoms with E-state index >= 15 is 0 Å². The van der Waals surface area contributed by atoms with Crippen LogP contribution in [-0.4, -0.2) is 39.5 Å². The molecule has 3 atom stereocenters. The molecule has 1 aromatic heterocycles. The van der Waals surface area contributed by atoms with Crippen LogP contribution in [0.4, 0.5) is 8.78 Å². The average Bonchev–Trinajstić information content (AvgIpc) is 3.48. The molecule has 1 saturated carbocycles. The molecule has 30 heavy (non-hydrogen) atoms. The van der Waals surface area contributed by atoms with Crippen LogP contribution in [0, 0.1) is 23.5 Å². The number of hydrogen-bond acceptors (Lipinski definition) is 4. The molecule has 2 aliphatic heterocycles. The Balaban J connectivity index is 1.49. The number of benzene rings is 1. The average molecular weight is 415 g/mol. The fourth-order valence-corrected chi connectivity index (χ4v) is 4.70. The summed E-state index contributed by atoms with van der Waals surface area (Å²) in [4.78, 5) is 39.9. The van der Waals surface area contributed by atoms with E-state index in [-0.39, 0.29) is 29.4 Å². The van der Waals surface area contributed by atoms with Gasteiger partial charge in [-0.1, -0.05) is 6.07 Å². The molecule has 2 aromatic rings. The molecular formula is C21H19F2N3O4. The van der Waals surface area contributed by atoms with Crippen molar-refractivity contribution in [2.24, 2.45) is 11.8 Å². The molecule has 1 aromatic carbocycles. The smallest absolute Gasteiger partial charge is 0.274 e. The Morgan fingerprint density at radius 3 is 2.83 bits per heavy atom. The van der Waals surface area contributed by atoms with E-state index in [0.29, 0.717) is 37.4 Å². The third-order valence-corrected chi connectivity index (χ3v) is 6.38. The van der Waals surface area contributed by atoms with E-state index in [1.54, 1.807) is 9.47 Å². The predicted octanol–water partition coefficient (Wildman–Crippen LogP) is 1.80. The topological polar surface area (TPSA) is 91.6 Å². The van der Waals surface area contributed by atoms with E-state index < -0.39 is 34.6 Å². The third-order valence-electron chi connectivity index (χ3n) is 6.38. The molecule has 156 valence electrons. The van der Waals surface area contributed by atoms with Gasteiger partial charge in [0.1, 0.15) is 17.2 Å². The van der Waals surface area contributed by atoms with Gasteiger partial charge in [0.25, 0.3) is 11.8 Å². The summed E-state index contributed by atoms with van der Waals surface area (Å²) in [5.74, 6) is -2.76. The number of fused-ring (bicyclic) bond motifs is 7. The quantitative estimate of drug-likeness (QED) is 0.800. The molecule has 7 nitrogen and oxygen atoms in total. The van der Waals surface area contributed by atoms with Gasteiger partial charge in [0, 0.05) is 43.5 Å². The monoisotopic (exact) mass is 415 g/mol. The number of amides is 2. The number of aromatic nitrogens is 1. The number of pyridine rings is 1. The number of hydrogen-bond donors (Lipinski definition) is 2. The molecule has 2 fully saturated rings. The predicted molar refractivity (Wildman–Crippen MR) is 101 cm³/mol. The van der Waals surface area contributed by atoms with Crippen molar-refractivity contribution in [3.05, 3.63) is 63.1 Å². The molecule has 9 heteroatoms. The lowest BCUT2D eigenvalue weighted by Crippen LogP contribution is -2.36. The number of rotatable bonds is 3. The van der Waals surface area contributed by atoms with Crippen molar-refractivity contribution in [1.29, 1.82) is 0 Å². The molecule has 2 amide bonds. The summed E-state index contributed by atoms with van der Waals surface area (Å²) in [6, 6.07) is 2.90. The lowest BCUT2D eigenvalue weighted by atomic mass is 10.1. The summed E-state index contributed by atoms with van der Waals surface area (Å²) >= 11 is 0. The molecule has 3 heterocycles. The van der Waals surface area contributed by atoms with Crippen LogP contribution in [0.3, 0.4) is 0 Å². The highest BCUT2D eigenvalue weighted by Crippen LogP contribution is 2.52. The molecule has 1 saturated heterocycles. The minimum atomic E-state index is -0.944. The Labute approximate surface area is 169 Å². The standard InChI is InChI=1S/C21H19F2N3O4/c22-12-2-1-10(15(23)6-12)7-24-20(29)14-9-26-16-3-4-25(8-11-5-13(11)16)21(30)17(26)19(28)18(14)27/h1-2,6,9,11,13,16,28H,3-5,7-8H2,(H,24,29)/t11-,13-,16?/m0/s1. The van der Waals surface area contributed by atoms with E-state index in [2.05, 4.69) is 5.32 Å². The van der Waals surface area contributed by atoms with Gasteiger partial charge in [-0.05, 0) is 30.7 Å². The number of halogens is 2. The SMILES string of the molecule is O=C(NCc1ccc(F)cc1F)c1cn2c(c(O)c1=O)C(=O)N1CCC2[C@H]2C[C@H]2C1. The van der Waals surface area contributed by atoms with E-state index in [9.17, 15) is 28.3 Å². The third kappa shape index (κ3) is 2.88. The van der Waals surface area contributed by atoms with Crippen molar-refractivity contribution in [1.82, 2.24) is 14.8 Å². The molecule has 2 N–H and O–H groups in total. The second kappa shape index (κ2) is 6.65. The lowest BCUT2D eigenvalue weighted by Gasteiger charge is -2.24. The molecule has 1 aliphatic carbocycles. The summed E-state index contributed by atoms with van der Waals surface area (Å²) < 4.78 is 28.4. The van der Waals surface area contributed by atoms with Gasteiger partial charge in [-0.15, -0.1) is 0 Å². The Hall–Kier alpha value is -3.23. The largest absolute Gasteiger partial charge is 0.503 e. The minimum Gasteiger partial charge on any atom is -0.503 e. The van der Waals surface area contributed by atoms with Gasteiger partial charge >= 0.3 is 0 Å². The summed E-state index contributed by atoms with van der Waals surface area (Å²) in [7, 11) is 0. The van der Waals surface area contributed by atoms with Gasteiger partial charge in [0.2, 0.25) is 5.43 Å². The number of aromatic hydroxyl groups is 1. The first kappa shape index (κ1) is 18.8. The van der Waals surface area contributed by atoms with Gasteiger partial charge < -0.3 is 19.9 Å². The van der Waals surface area contributed by atoms with E-state index in [0.717, 1.165) is 12.5 Å². The highest BCUT2D eigenvalue weighted by Gasteiger charge is 2.50. The maximum absolute atomic E-state index is 13.8. The van der Waals surface area contributed by atoms with Gasteiger partial charge in [-0.3, -0.25) is 14.4 Å². The molecule has 5 rings (SSSR count). The zero-order valence-corrected chi connectivity index (χ0v) is 15.9. The van der Waals surface area contributed by atoms with E-state index in [1.807, 2.05) is 0 Å². The van der Waals surface area contributed by atoms with Gasteiger partial charge in [0.15, 0.2) is 11.4 Å². The van der Waals surface area contributed by atoms with Crippen LogP contribution in [0.5, 0.6) is 5.75 Å². The first-order chi connectivity index (χ1) is 14.3. The van der Waals surface area contributed by atoms with Crippen LogP contribution < -0.4 is 10.7 Å². The molecule has 0 spiro atoms.